The molecule has 2 rings (SSSR count). The highest BCUT2D eigenvalue weighted by molar-refractivity contribution is 5.83. The summed E-state index contributed by atoms with van der Waals surface area (Å²) in [7, 11) is 3.21. The Morgan fingerprint density at radius 1 is 1.67 bits per heavy atom. The third-order valence-electron chi connectivity index (χ3n) is 3.80. The number of carbonyl (C=O) groups is 2. The van der Waals surface area contributed by atoms with Crippen LogP contribution in [0.5, 0.6) is 0 Å². The monoisotopic (exact) mass is 296 g/mol. The van der Waals surface area contributed by atoms with Crippen LogP contribution in [0.3, 0.4) is 0 Å². The molecule has 0 fully saturated rings. The van der Waals surface area contributed by atoms with Crippen molar-refractivity contribution in [3.05, 3.63) is 17.7 Å². The summed E-state index contributed by atoms with van der Waals surface area (Å²) in [6.45, 7) is 2.46. The molecule has 8 heteroatoms. The second-order valence-electron chi connectivity index (χ2n) is 5.21. The molecule has 1 aromatic heterocycles. The summed E-state index contributed by atoms with van der Waals surface area (Å²) < 4.78 is 5.04. The van der Waals surface area contributed by atoms with Crippen molar-refractivity contribution in [1.82, 2.24) is 19.8 Å². The largest absolute Gasteiger partial charge is 0.480 e. The van der Waals surface area contributed by atoms with Crippen LogP contribution in [0.15, 0.2) is 6.33 Å². The summed E-state index contributed by atoms with van der Waals surface area (Å²) >= 11 is 0. The van der Waals surface area contributed by atoms with E-state index in [1.165, 1.54) is 16.1 Å². The average molecular weight is 296 g/mol. The second-order valence-corrected chi connectivity index (χ2v) is 5.21. The molecule has 21 heavy (non-hydrogen) atoms. The van der Waals surface area contributed by atoms with E-state index in [4.69, 9.17) is 4.74 Å². The first-order valence-corrected chi connectivity index (χ1v) is 6.72. The Balaban J connectivity index is 2.20. The molecule has 1 aromatic rings. The van der Waals surface area contributed by atoms with E-state index in [1.807, 2.05) is 6.92 Å². The lowest BCUT2D eigenvalue weighted by Crippen LogP contribution is -2.54. The Morgan fingerprint density at radius 3 is 3.00 bits per heavy atom. The topological polar surface area (TPSA) is 98.8 Å². The van der Waals surface area contributed by atoms with Gasteiger partial charge >= 0.3 is 12.0 Å². The van der Waals surface area contributed by atoms with E-state index >= 15 is 0 Å². The third kappa shape index (κ3) is 2.99. The zero-order valence-electron chi connectivity index (χ0n) is 12.4. The van der Waals surface area contributed by atoms with Crippen molar-refractivity contribution in [3.63, 3.8) is 0 Å². The van der Waals surface area contributed by atoms with Crippen LogP contribution in [0.25, 0.3) is 0 Å². The fourth-order valence-corrected chi connectivity index (χ4v) is 2.40. The maximum Gasteiger partial charge on any atom is 0.326 e. The zero-order valence-corrected chi connectivity index (χ0v) is 12.4. The van der Waals surface area contributed by atoms with Gasteiger partial charge in [0.15, 0.2) is 0 Å². The number of hydrogen-bond acceptors (Lipinski definition) is 4. The molecule has 1 aliphatic rings. The van der Waals surface area contributed by atoms with E-state index in [0.29, 0.717) is 12.3 Å². The molecule has 0 aromatic carbocycles. The number of nitrogens with zero attached hydrogens (tertiary/aromatic N) is 3. The van der Waals surface area contributed by atoms with Crippen molar-refractivity contribution in [2.75, 3.05) is 20.8 Å². The minimum absolute atomic E-state index is 0.139. The second kappa shape index (κ2) is 6.13. The number of fused-ring (bicyclic) bond motifs is 1. The van der Waals surface area contributed by atoms with Crippen LogP contribution in [0.4, 0.5) is 4.79 Å². The molecule has 1 aliphatic heterocycles. The van der Waals surface area contributed by atoms with Gasteiger partial charge in [-0.15, -0.1) is 0 Å². The summed E-state index contributed by atoms with van der Waals surface area (Å²) in [5, 5.41) is 9.37. The number of imidazole rings is 1. The van der Waals surface area contributed by atoms with Crippen LogP contribution in [0.2, 0.25) is 0 Å². The molecule has 2 atom stereocenters. The van der Waals surface area contributed by atoms with Crippen LogP contribution in [0.1, 0.15) is 18.3 Å². The van der Waals surface area contributed by atoms with E-state index in [9.17, 15) is 14.7 Å². The predicted octanol–water partition coefficient (Wildman–Crippen LogP) is 0.308. The van der Waals surface area contributed by atoms with Crippen molar-refractivity contribution < 1.29 is 19.4 Å². The van der Waals surface area contributed by atoms with Crippen molar-refractivity contribution in [2.24, 2.45) is 0 Å². The van der Waals surface area contributed by atoms with Gasteiger partial charge in [-0.1, -0.05) is 0 Å². The van der Waals surface area contributed by atoms with Gasteiger partial charge in [0.05, 0.1) is 36.9 Å². The molecular weight excluding hydrogens is 276 g/mol. The molecule has 0 bridgehead atoms. The summed E-state index contributed by atoms with van der Waals surface area (Å²) in [4.78, 5) is 33.9. The Bertz CT molecular complexity index is 530. The van der Waals surface area contributed by atoms with Crippen LogP contribution >= 0.6 is 0 Å². The molecule has 0 spiro atoms. The number of rotatable bonds is 4. The van der Waals surface area contributed by atoms with Gasteiger partial charge in [0.25, 0.3) is 0 Å². The number of urea groups is 1. The molecule has 2 unspecified atom stereocenters. The number of methoxy groups -OCH3 is 1. The van der Waals surface area contributed by atoms with E-state index in [-0.39, 0.29) is 25.0 Å². The smallest absolute Gasteiger partial charge is 0.326 e. The fraction of sp³-hybridized carbons (Fsp3) is 0.615. The molecular formula is C13H20N4O4. The molecule has 0 saturated carbocycles. The van der Waals surface area contributed by atoms with Crippen LogP contribution in [0, 0.1) is 0 Å². The van der Waals surface area contributed by atoms with Gasteiger partial charge in [0, 0.05) is 20.6 Å². The van der Waals surface area contributed by atoms with Gasteiger partial charge in [-0.25, -0.2) is 14.6 Å². The summed E-state index contributed by atoms with van der Waals surface area (Å²) in [6.07, 6.45) is 1.74. The highest BCUT2D eigenvalue weighted by Gasteiger charge is 2.37. The maximum absolute atomic E-state index is 12.6. The number of carbonyl (C=O) groups excluding carboxylic acids is 1. The number of carboxylic acids is 1. The lowest BCUT2D eigenvalue weighted by Gasteiger charge is -2.37. The van der Waals surface area contributed by atoms with Crippen LogP contribution < -0.4 is 0 Å². The van der Waals surface area contributed by atoms with Gasteiger partial charge in [-0.2, -0.15) is 0 Å². The van der Waals surface area contributed by atoms with Gasteiger partial charge in [0.1, 0.15) is 6.04 Å². The Morgan fingerprint density at radius 2 is 2.38 bits per heavy atom. The molecule has 0 saturated heterocycles. The molecule has 2 N–H and O–H groups in total. The quantitative estimate of drug-likeness (QED) is 0.833. The van der Waals surface area contributed by atoms with E-state index < -0.39 is 12.0 Å². The van der Waals surface area contributed by atoms with Crippen molar-refractivity contribution >= 4 is 12.0 Å². The van der Waals surface area contributed by atoms with E-state index in [2.05, 4.69) is 9.97 Å². The van der Waals surface area contributed by atoms with E-state index in [1.54, 1.807) is 14.2 Å². The standard InChI is InChI=1S/C13H20N4O4/c1-8(6-21-3)16(2)13(20)17-5-10-9(14-7-15-10)4-11(17)12(18)19/h7-8,11H,4-6H2,1-3H3,(H,14,15)(H,18,19). The van der Waals surface area contributed by atoms with Crippen LogP contribution in [-0.4, -0.2) is 69.7 Å². The Kier molecular flexibility index (Phi) is 4.46. The average Bonchev–Trinajstić information content (AvgIpc) is 2.91. The number of likely N-dealkylation sites (N-methyl/N-ethyl adjacent to an activating group) is 1. The summed E-state index contributed by atoms with van der Waals surface area (Å²) in [5.41, 5.74) is 1.49. The number of carboxylic acid groups (broad SMARTS) is 1. The highest BCUT2D eigenvalue weighted by atomic mass is 16.5. The van der Waals surface area contributed by atoms with Crippen molar-refractivity contribution in [2.45, 2.75) is 32.0 Å². The Labute approximate surface area is 122 Å². The number of amides is 2. The fourth-order valence-electron chi connectivity index (χ4n) is 2.40. The molecule has 0 radical (unpaired) electrons. The number of ether oxygens (including phenoxy) is 1. The van der Waals surface area contributed by atoms with Gasteiger partial charge < -0.3 is 24.6 Å². The molecule has 2 heterocycles. The Hall–Kier alpha value is -2.09. The SMILES string of the molecule is COCC(C)N(C)C(=O)N1Cc2[nH]cnc2CC1C(=O)O. The zero-order chi connectivity index (χ0) is 15.6. The van der Waals surface area contributed by atoms with Gasteiger partial charge in [-0.05, 0) is 6.92 Å². The molecule has 8 nitrogen and oxygen atoms in total. The number of H-pyrrole nitrogens is 1. The number of aliphatic carboxylic acids is 1. The number of aromatic nitrogens is 2. The number of aromatic amines is 1. The van der Waals surface area contributed by atoms with Crippen LogP contribution in [-0.2, 0) is 22.5 Å². The normalized spacial score (nSPS) is 19.0. The van der Waals surface area contributed by atoms with E-state index in [0.717, 1.165) is 5.69 Å². The van der Waals surface area contributed by atoms with Crippen molar-refractivity contribution in [3.8, 4) is 0 Å². The minimum Gasteiger partial charge on any atom is -0.480 e. The number of nitrogens with one attached hydrogen (secondary N) is 1. The summed E-state index contributed by atoms with van der Waals surface area (Å²) in [6, 6.07) is -1.36. The number of hydrogen-bond donors (Lipinski definition) is 2. The molecule has 2 amide bonds. The van der Waals surface area contributed by atoms with Crippen molar-refractivity contribution in [1.29, 1.82) is 0 Å². The maximum atomic E-state index is 12.6. The first kappa shape index (κ1) is 15.3. The van der Waals surface area contributed by atoms with Gasteiger partial charge in [-0.3, -0.25) is 0 Å². The lowest BCUT2D eigenvalue weighted by molar-refractivity contribution is -0.143. The summed E-state index contributed by atoms with van der Waals surface area (Å²) in [5.74, 6) is -1.02. The highest BCUT2D eigenvalue weighted by Crippen LogP contribution is 2.22. The minimum atomic E-state index is -1.02. The molecule has 0 aliphatic carbocycles. The lowest BCUT2D eigenvalue weighted by atomic mass is 10.0. The third-order valence-corrected chi connectivity index (χ3v) is 3.80. The van der Waals surface area contributed by atoms with Gasteiger partial charge in [0.2, 0.25) is 0 Å². The predicted molar refractivity (Wildman–Crippen MR) is 73.8 cm³/mol. The first-order chi connectivity index (χ1) is 9.95. The molecule has 116 valence electrons. The first-order valence-electron chi connectivity index (χ1n) is 6.72.